The number of aliphatic hydroxyl groups excluding tert-OH is 1. The molecule has 0 saturated heterocycles. The van der Waals surface area contributed by atoms with Gasteiger partial charge >= 0.3 is 5.97 Å². The van der Waals surface area contributed by atoms with Crippen LogP contribution in [0.1, 0.15) is 36.7 Å². The number of hydroxylamine groups is 2. The first kappa shape index (κ1) is 24.1. The first-order valence-corrected chi connectivity index (χ1v) is 10.2. The summed E-state index contributed by atoms with van der Waals surface area (Å²) in [6, 6.07) is 6.21. The van der Waals surface area contributed by atoms with Gasteiger partial charge in [-0.3, -0.25) is 14.4 Å². The van der Waals surface area contributed by atoms with Crippen molar-refractivity contribution in [1.29, 1.82) is 0 Å². The summed E-state index contributed by atoms with van der Waals surface area (Å²) in [6.07, 6.45) is 1.25. The van der Waals surface area contributed by atoms with Crippen LogP contribution >= 0.6 is 0 Å². The van der Waals surface area contributed by atoms with Crippen molar-refractivity contribution in [3.63, 3.8) is 0 Å². The molecule has 1 rings (SSSR count). The average Bonchev–Trinajstić information content (AvgIpc) is 2.56. The minimum atomic E-state index is -3.90. The van der Waals surface area contributed by atoms with Gasteiger partial charge in [0, 0.05) is 0 Å². The quantitative estimate of drug-likeness (QED) is 0.284. The summed E-state index contributed by atoms with van der Waals surface area (Å²) in [4.78, 5) is 40.6. The molecule has 0 radical (unpaired) electrons. The predicted molar refractivity (Wildman–Crippen MR) is 103 cm³/mol. The maximum atomic E-state index is 12.2. The van der Waals surface area contributed by atoms with Crippen LogP contribution in [0.2, 0.25) is 0 Å². The van der Waals surface area contributed by atoms with Crippen molar-refractivity contribution in [3.8, 4) is 0 Å². The van der Waals surface area contributed by atoms with E-state index in [-0.39, 0.29) is 6.54 Å². The molecule has 1 aromatic carbocycles. The minimum Gasteiger partial charge on any atom is -0.503 e. The smallest absolute Gasteiger partial charge is 0.338 e. The van der Waals surface area contributed by atoms with Gasteiger partial charge in [0.1, 0.15) is 5.60 Å². The normalized spacial score (nSPS) is 12.2. The molecular weight excluding hydrogens is 404 g/mol. The summed E-state index contributed by atoms with van der Waals surface area (Å²) >= 11 is 0. The Morgan fingerprint density at radius 3 is 2.17 bits per heavy atom. The molecule has 10 nitrogen and oxygen atoms in total. The van der Waals surface area contributed by atoms with Crippen LogP contribution in [0.15, 0.2) is 36.1 Å². The van der Waals surface area contributed by atoms with E-state index in [0.717, 1.165) is 11.3 Å². The van der Waals surface area contributed by atoms with Gasteiger partial charge < -0.3 is 9.84 Å². The number of benzene rings is 1. The molecule has 0 atom stereocenters. The molecular formula is C18H24N2O8S. The number of carbonyl (C=O) groups excluding carboxylic acids is 3. The maximum Gasteiger partial charge on any atom is 0.338 e. The Morgan fingerprint density at radius 2 is 1.72 bits per heavy atom. The standard InChI is InChI=1S/C18H24N2O8S/c1-18(2,3)28-17(24)13-8-6-12(7-9-13)11-20(27-4)15(22)10-14(21)16(23)19-29(5,25)26/h6-10,21H,11H2,1-5H3,(H,19,23)/b14-10-. The molecule has 0 spiro atoms. The van der Waals surface area contributed by atoms with Gasteiger partial charge in [0.2, 0.25) is 10.0 Å². The molecule has 0 fully saturated rings. The number of amides is 2. The van der Waals surface area contributed by atoms with Crippen LogP contribution in [0.3, 0.4) is 0 Å². The number of nitrogens with one attached hydrogen (secondary N) is 1. The van der Waals surface area contributed by atoms with Crippen LogP contribution < -0.4 is 4.72 Å². The molecule has 0 aliphatic heterocycles. The second-order valence-corrected chi connectivity index (χ2v) is 8.74. The van der Waals surface area contributed by atoms with Crippen molar-refractivity contribution in [2.45, 2.75) is 32.9 Å². The van der Waals surface area contributed by atoms with Gasteiger partial charge in [0.15, 0.2) is 5.76 Å². The number of carbonyl (C=O) groups is 3. The molecule has 11 heteroatoms. The van der Waals surface area contributed by atoms with E-state index in [9.17, 15) is 27.9 Å². The maximum absolute atomic E-state index is 12.2. The Labute approximate surface area is 169 Å². The third-order valence-corrected chi connectivity index (χ3v) is 3.71. The van der Waals surface area contributed by atoms with Crippen molar-refractivity contribution in [2.24, 2.45) is 0 Å². The lowest BCUT2D eigenvalue weighted by molar-refractivity contribution is -0.173. The summed E-state index contributed by atoms with van der Waals surface area (Å²) < 4.78 is 28.8. The molecule has 0 aliphatic rings. The Bertz CT molecular complexity index is 899. The number of rotatable bonds is 7. The van der Waals surface area contributed by atoms with E-state index < -0.39 is 39.2 Å². The minimum absolute atomic E-state index is 0.0680. The van der Waals surface area contributed by atoms with Gasteiger partial charge in [0.05, 0.1) is 31.5 Å². The Kier molecular flexibility index (Phi) is 7.92. The zero-order valence-electron chi connectivity index (χ0n) is 16.8. The van der Waals surface area contributed by atoms with Gasteiger partial charge in [-0.15, -0.1) is 0 Å². The summed E-state index contributed by atoms with van der Waals surface area (Å²) in [5.74, 6) is -3.83. The third-order valence-electron chi connectivity index (χ3n) is 3.15. The van der Waals surface area contributed by atoms with Gasteiger partial charge in [-0.2, -0.15) is 0 Å². The lowest BCUT2D eigenvalue weighted by atomic mass is 10.1. The third kappa shape index (κ3) is 8.75. The lowest BCUT2D eigenvalue weighted by Crippen LogP contribution is -2.32. The number of ether oxygens (including phenoxy) is 1. The van der Waals surface area contributed by atoms with E-state index in [1.54, 1.807) is 32.9 Å². The van der Waals surface area contributed by atoms with Crippen LogP contribution in [0.5, 0.6) is 0 Å². The molecule has 0 heterocycles. The molecule has 2 N–H and O–H groups in total. The van der Waals surface area contributed by atoms with E-state index >= 15 is 0 Å². The van der Waals surface area contributed by atoms with Crippen molar-refractivity contribution >= 4 is 27.8 Å². The van der Waals surface area contributed by atoms with Crippen molar-refractivity contribution in [2.75, 3.05) is 13.4 Å². The fourth-order valence-corrected chi connectivity index (χ4v) is 2.40. The van der Waals surface area contributed by atoms with Crippen LogP contribution in [-0.4, -0.2) is 55.3 Å². The monoisotopic (exact) mass is 428 g/mol. The number of hydrogen-bond donors (Lipinski definition) is 2. The zero-order valence-corrected chi connectivity index (χ0v) is 17.6. The first-order chi connectivity index (χ1) is 13.2. The Balaban J connectivity index is 2.84. The van der Waals surface area contributed by atoms with E-state index in [2.05, 4.69) is 0 Å². The SMILES string of the molecule is CON(Cc1ccc(C(=O)OC(C)(C)C)cc1)C(=O)/C=C(\O)C(=O)NS(C)(=O)=O. The fraction of sp³-hybridized carbons (Fsp3) is 0.389. The first-order valence-electron chi connectivity index (χ1n) is 8.32. The average molecular weight is 428 g/mol. The van der Waals surface area contributed by atoms with Crippen LogP contribution in [0, 0.1) is 0 Å². The number of sulfonamides is 1. The highest BCUT2D eigenvalue weighted by atomic mass is 32.2. The molecule has 0 saturated carbocycles. The zero-order chi connectivity index (χ0) is 22.4. The van der Waals surface area contributed by atoms with E-state index in [0.29, 0.717) is 17.2 Å². The number of nitrogens with zero attached hydrogens (tertiary/aromatic N) is 1. The summed E-state index contributed by atoms with van der Waals surface area (Å²) in [5.41, 5.74) is 0.280. The molecule has 29 heavy (non-hydrogen) atoms. The molecule has 0 unspecified atom stereocenters. The molecule has 1 aromatic rings. The van der Waals surface area contributed by atoms with Gasteiger partial charge in [-0.05, 0) is 38.5 Å². The molecule has 0 aliphatic carbocycles. The Morgan fingerprint density at radius 1 is 1.17 bits per heavy atom. The molecule has 0 bridgehead atoms. The van der Waals surface area contributed by atoms with Crippen molar-refractivity contribution in [1.82, 2.24) is 9.79 Å². The molecule has 2 amide bonds. The van der Waals surface area contributed by atoms with E-state index in [4.69, 9.17) is 9.57 Å². The highest BCUT2D eigenvalue weighted by Gasteiger charge is 2.20. The molecule has 160 valence electrons. The second-order valence-electron chi connectivity index (χ2n) is 6.99. The number of hydrogen-bond acceptors (Lipinski definition) is 8. The summed E-state index contributed by atoms with van der Waals surface area (Å²) in [6.45, 7) is 5.18. The molecule has 0 aromatic heterocycles. The highest BCUT2D eigenvalue weighted by molar-refractivity contribution is 7.89. The Hall–Kier alpha value is -2.92. The lowest BCUT2D eigenvalue weighted by Gasteiger charge is -2.20. The topological polar surface area (TPSA) is 139 Å². The van der Waals surface area contributed by atoms with Crippen LogP contribution in [0.25, 0.3) is 0 Å². The van der Waals surface area contributed by atoms with Crippen LogP contribution in [0.4, 0.5) is 0 Å². The van der Waals surface area contributed by atoms with E-state index in [1.165, 1.54) is 24.0 Å². The fourth-order valence-electron chi connectivity index (χ4n) is 1.96. The highest BCUT2D eigenvalue weighted by Crippen LogP contribution is 2.14. The van der Waals surface area contributed by atoms with E-state index in [1.807, 2.05) is 0 Å². The van der Waals surface area contributed by atoms with Gasteiger partial charge in [0.25, 0.3) is 11.8 Å². The predicted octanol–water partition coefficient (Wildman–Crippen LogP) is 1.05. The summed E-state index contributed by atoms with van der Waals surface area (Å²) in [7, 11) is -2.69. The second kappa shape index (κ2) is 9.52. The van der Waals surface area contributed by atoms with Crippen LogP contribution in [-0.2, 0) is 35.7 Å². The largest absolute Gasteiger partial charge is 0.503 e. The van der Waals surface area contributed by atoms with Gasteiger partial charge in [-0.25, -0.2) is 23.0 Å². The van der Waals surface area contributed by atoms with Gasteiger partial charge in [-0.1, -0.05) is 12.1 Å². The van der Waals surface area contributed by atoms with Crippen molar-refractivity contribution < 1.29 is 37.5 Å². The van der Waals surface area contributed by atoms with Crippen molar-refractivity contribution in [3.05, 3.63) is 47.2 Å². The number of esters is 1. The number of aliphatic hydroxyl groups is 1. The summed E-state index contributed by atoms with van der Waals surface area (Å²) in [5, 5.41) is 10.4.